The second-order valence-electron chi connectivity index (χ2n) is 8.48. The van der Waals surface area contributed by atoms with Crippen LogP contribution in [0.2, 0.25) is 0 Å². The fourth-order valence-corrected chi connectivity index (χ4v) is 5.35. The molecule has 6 rings (SSSR count). The van der Waals surface area contributed by atoms with Crippen LogP contribution in [0.5, 0.6) is 11.5 Å². The largest absolute Gasteiger partial charge is 0.805 e. The smallest absolute Gasteiger partial charge is 0.222 e. The van der Waals surface area contributed by atoms with E-state index in [2.05, 4.69) is 60.7 Å². The molecule has 4 aromatic carbocycles. The van der Waals surface area contributed by atoms with Gasteiger partial charge in [-0.3, -0.25) is 0 Å². The summed E-state index contributed by atoms with van der Waals surface area (Å²) >= 11 is 0. The summed E-state index contributed by atoms with van der Waals surface area (Å²) in [7, 11) is -2.42. The van der Waals surface area contributed by atoms with Gasteiger partial charge in [0.15, 0.2) is 11.5 Å². The Balaban J connectivity index is 1.26. The molecule has 0 amide bonds. The average molecular weight is 461 g/mol. The van der Waals surface area contributed by atoms with Crippen LogP contribution < -0.4 is 9.05 Å². The molecule has 0 unspecified atom stereocenters. The van der Waals surface area contributed by atoms with Crippen molar-refractivity contribution in [3.05, 3.63) is 129 Å². The molecule has 2 aliphatic carbocycles. The summed E-state index contributed by atoms with van der Waals surface area (Å²) in [6.45, 7) is 0. The van der Waals surface area contributed by atoms with E-state index in [-0.39, 0.29) is 0 Å². The van der Waals surface area contributed by atoms with Gasteiger partial charge in [-0.25, -0.2) is 9.05 Å². The van der Waals surface area contributed by atoms with E-state index in [9.17, 15) is 4.57 Å². The predicted octanol–water partition coefficient (Wildman–Crippen LogP) is 7.95. The van der Waals surface area contributed by atoms with Crippen LogP contribution in [0, 0.1) is 0 Å². The SMILES string of the molecule is O=[P+](Oc1cccc2c1C=Cc1ccccc1C2)Oc1cccc2c1C=Cc1ccccc1C2. The van der Waals surface area contributed by atoms with Gasteiger partial charge in [0, 0.05) is 15.7 Å². The highest BCUT2D eigenvalue weighted by molar-refractivity contribution is 7.34. The van der Waals surface area contributed by atoms with Gasteiger partial charge in [-0.2, -0.15) is 0 Å². The monoisotopic (exact) mass is 461 g/mol. The molecule has 0 spiro atoms. The van der Waals surface area contributed by atoms with Gasteiger partial charge in [0.25, 0.3) is 0 Å². The summed E-state index contributed by atoms with van der Waals surface area (Å²) in [5.41, 5.74) is 9.04. The van der Waals surface area contributed by atoms with Crippen molar-refractivity contribution in [2.24, 2.45) is 0 Å². The van der Waals surface area contributed by atoms with Gasteiger partial charge in [0.1, 0.15) is 0 Å². The summed E-state index contributed by atoms with van der Waals surface area (Å²) in [5, 5.41) is 0. The van der Waals surface area contributed by atoms with E-state index in [1.807, 2.05) is 48.6 Å². The van der Waals surface area contributed by atoms with Crippen LogP contribution in [0.1, 0.15) is 44.5 Å². The van der Waals surface area contributed by atoms with Gasteiger partial charge in [-0.05, 0) is 58.4 Å². The van der Waals surface area contributed by atoms with Crippen molar-refractivity contribution in [3.63, 3.8) is 0 Å². The molecule has 0 saturated carbocycles. The normalized spacial score (nSPS) is 12.9. The van der Waals surface area contributed by atoms with Gasteiger partial charge >= 0.3 is 8.25 Å². The molecule has 0 fully saturated rings. The number of rotatable bonds is 4. The molecule has 4 heteroatoms. The van der Waals surface area contributed by atoms with E-state index in [0.717, 1.165) is 35.1 Å². The van der Waals surface area contributed by atoms with Crippen molar-refractivity contribution < 1.29 is 13.6 Å². The molecule has 0 aliphatic heterocycles. The first kappa shape index (κ1) is 20.7. The average Bonchev–Trinajstić information content (AvgIpc) is 3.16. The minimum Gasteiger partial charge on any atom is -0.222 e. The van der Waals surface area contributed by atoms with Crippen LogP contribution in [0.3, 0.4) is 0 Å². The summed E-state index contributed by atoms with van der Waals surface area (Å²) in [5.74, 6) is 1.13. The van der Waals surface area contributed by atoms with Crippen molar-refractivity contribution >= 4 is 32.6 Å². The first-order valence-corrected chi connectivity index (χ1v) is 12.4. The Bertz CT molecular complexity index is 1370. The molecule has 0 heterocycles. The van der Waals surface area contributed by atoms with Gasteiger partial charge in [-0.1, -0.05) is 97.1 Å². The Morgan fingerprint density at radius 1 is 0.500 bits per heavy atom. The second-order valence-corrected chi connectivity index (χ2v) is 9.29. The third-order valence-electron chi connectivity index (χ3n) is 6.39. The fourth-order valence-electron chi connectivity index (χ4n) is 4.68. The topological polar surface area (TPSA) is 35.5 Å². The zero-order valence-corrected chi connectivity index (χ0v) is 19.4. The van der Waals surface area contributed by atoms with Crippen LogP contribution >= 0.6 is 8.25 Å². The highest BCUT2D eigenvalue weighted by Gasteiger charge is 2.29. The van der Waals surface area contributed by atoms with E-state index in [4.69, 9.17) is 9.05 Å². The predicted molar refractivity (Wildman–Crippen MR) is 138 cm³/mol. The van der Waals surface area contributed by atoms with E-state index in [0.29, 0.717) is 11.5 Å². The molecular formula is C30H22O3P+. The standard InChI is InChI=1S/C30H22O3P/c31-34(32-29-13-5-11-25-19-23-9-3-1-7-21(23)15-17-27(25)29)33-30-14-6-12-26-20-24-10-4-2-8-22(24)16-18-28(26)30/h1-18H,19-20H2/q+1. The van der Waals surface area contributed by atoms with E-state index in [1.54, 1.807) is 0 Å². The van der Waals surface area contributed by atoms with E-state index >= 15 is 0 Å². The molecule has 0 N–H and O–H groups in total. The van der Waals surface area contributed by atoms with Gasteiger partial charge < -0.3 is 0 Å². The molecule has 3 nitrogen and oxygen atoms in total. The van der Waals surface area contributed by atoms with Gasteiger partial charge in [0.2, 0.25) is 0 Å². The maximum Gasteiger partial charge on any atom is 0.805 e. The molecular weight excluding hydrogens is 439 g/mol. The highest BCUT2D eigenvalue weighted by atomic mass is 31.1. The molecule has 0 aromatic heterocycles. The van der Waals surface area contributed by atoms with E-state index in [1.165, 1.54) is 22.3 Å². The second kappa shape index (κ2) is 8.78. The maximum atomic E-state index is 13.0. The third-order valence-corrected chi connectivity index (χ3v) is 7.08. The summed E-state index contributed by atoms with van der Waals surface area (Å²) in [6.07, 6.45) is 9.83. The number of benzene rings is 4. The highest BCUT2D eigenvalue weighted by Crippen LogP contribution is 2.39. The zero-order valence-electron chi connectivity index (χ0n) is 18.5. The lowest BCUT2D eigenvalue weighted by Gasteiger charge is -2.08. The quantitative estimate of drug-likeness (QED) is 0.250. The van der Waals surface area contributed by atoms with Crippen molar-refractivity contribution in [1.29, 1.82) is 0 Å². The fraction of sp³-hybridized carbons (Fsp3) is 0.0667. The lowest BCUT2D eigenvalue weighted by molar-refractivity contribution is 0.414. The van der Waals surface area contributed by atoms with Crippen molar-refractivity contribution in [3.8, 4) is 11.5 Å². The van der Waals surface area contributed by atoms with Gasteiger partial charge in [0.05, 0.1) is 0 Å². The zero-order chi connectivity index (χ0) is 22.9. The lowest BCUT2D eigenvalue weighted by atomic mass is 9.99. The van der Waals surface area contributed by atoms with Crippen LogP contribution in [-0.2, 0) is 17.4 Å². The molecule has 2 aliphatic rings. The molecule has 0 saturated heterocycles. The maximum absolute atomic E-state index is 13.0. The Labute approximate surface area is 200 Å². The molecule has 0 atom stereocenters. The Hall–Kier alpha value is -3.94. The van der Waals surface area contributed by atoms with Gasteiger partial charge in [-0.15, -0.1) is 0 Å². The molecule has 0 radical (unpaired) electrons. The summed E-state index contributed by atoms with van der Waals surface area (Å²) in [4.78, 5) is 0. The molecule has 4 aromatic rings. The Kier molecular flexibility index (Phi) is 5.33. The van der Waals surface area contributed by atoms with Crippen LogP contribution in [-0.4, -0.2) is 0 Å². The minimum absolute atomic E-state index is 0.563. The van der Waals surface area contributed by atoms with Crippen molar-refractivity contribution in [2.45, 2.75) is 12.8 Å². The van der Waals surface area contributed by atoms with Crippen LogP contribution in [0.15, 0.2) is 84.9 Å². The molecule has 34 heavy (non-hydrogen) atoms. The van der Waals surface area contributed by atoms with Crippen LogP contribution in [0.25, 0.3) is 24.3 Å². The lowest BCUT2D eigenvalue weighted by Crippen LogP contribution is -1.97. The number of hydrogen-bond acceptors (Lipinski definition) is 3. The Morgan fingerprint density at radius 3 is 1.44 bits per heavy atom. The molecule has 0 bridgehead atoms. The van der Waals surface area contributed by atoms with Crippen molar-refractivity contribution in [2.75, 3.05) is 0 Å². The van der Waals surface area contributed by atoms with Crippen molar-refractivity contribution in [1.82, 2.24) is 0 Å². The minimum atomic E-state index is -2.42. The Morgan fingerprint density at radius 2 is 0.941 bits per heavy atom. The summed E-state index contributed by atoms with van der Waals surface area (Å²) in [6, 6.07) is 28.4. The van der Waals surface area contributed by atoms with Crippen LogP contribution in [0.4, 0.5) is 0 Å². The summed E-state index contributed by atoms with van der Waals surface area (Å²) < 4.78 is 24.8. The number of fused-ring (bicyclic) bond motifs is 4. The van der Waals surface area contributed by atoms with E-state index < -0.39 is 8.25 Å². The third kappa shape index (κ3) is 3.96. The number of hydrogen-bond donors (Lipinski definition) is 0. The molecule has 164 valence electrons. The first-order chi connectivity index (χ1) is 16.7. The first-order valence-electron chi connectivity index (χ1n) is 11.3.